The standard InChI is InChI=1S/C23H29N3O/c1-3-4-15-27-21-8-5-18(6-9-21)23-17-19-16-20(7-10-22(19)24-23)26-13-11-25(2)12-14-26/h5-10,16H,3-4,11-15,17H2,1-2H3. The summed E-state index contributed by atoms with van der Waals surface area (Å²) in [5.74, 6) is 0.945. The number of nitrogens with zero attached hydrogens (tertiary/aromatic N) is 3. The lowest BCUT2D eigenvalue weighted by Gasteiger charge is -2.34. The number of fused-ring (bicyclic) bond motifs is 1. The Morgan fingerprint density at radius 3 is 2.52 bits per heavy atom. The van der Waals surface area contributed by atoms with Crippen molar-refractivity contribution in [3.63, 3.8) is 0 Å². The molecule has 4 rings (SSSR count). The summed E-state index contributed by atoms with van der Waals surface area (Å²) in [6.07, 6.45) is 3.16. The Kier molecular flexibility index (Phi) is 5.44. The van der Waals surface area contributed by atoms with Crippen LogP contribution in [0.25, 0.3) is 0 Å². The molecule has 2 aromatic carbocycles. The van der Waals surface area contributed by atoms with E-state index < -0.39 is 0 Å². The highest BCUT2D eigenvalue weighted by molar-refractivity contribution is 6.06. The van der Waals surface area contributed by atoms with Gasteiger partial charge in [-0.25, -0.2) is 0 Å². The van der Waals surface area contributed by atoms with Gasteiger partial charge >= 0.3 is 0 Å². The molecular weight excluding hydrogens is 334 g/mol. The van der Waals surface area contributed by atoms with Gasteiger partial charge in [0.25, 0.3) is 0 Å². The predicted molar refractivity (Wildman–Crippen MR) is 113 cm³/mol. The topological polar surface area (TPSA) is 28.1 Å². The minimum absolute atomic E-state index is 0.789. The maximum atomic E-state index is 5.77. The summed E-state index contributed by atoms with van der Waals surface area (Å²) in [6, 6.07) is 15.1. The normalized spacial score (nSPS) is 17.0. The van der Waals surface area contributed by atoms with Crippen LogP contribution in [0.4, 0.5) is 11.4 Å². The van der Waals surface area contributed by atoms with Crippen molar-refractivity contribution in [1.29, 1.82) is 0 Å². The first-order valence-corrected chi connectivity index (χ1v) is 10.1. The Balaban J connectivity index is 1.42. The van der Waals surface area contributed by atoms with E-state index in [1.165, 1.54) is 16.8 Å². The fourth-order valence-corrected chi connectivity index (χ4v) is 3.69. The molecule has 0 aromatic heterocycles. The van der Waals surface area contributed by atoms with E-state index in [2.05, 4.69) is 66.2 Å². The summed E-state index contributed by atoms with van der Waals surface area (Å²) >= 11 is 0. The maximum Gasteiger partial charge on any atom is 0.119 e. The molecule has 4 heteroatoms. The van der Waals surface area contributed by atoms with Gasteiger partial charge in [0, 0.05) is 38.3 Å². The van der Waals surface area contributed by atoms with Crippen LogP contribution in [0, 0.1) is 0 Å². The average molecular weight is 364 g/mol. The molecular formula is C23H29N3O. The first kappa shape index (κ1) is 18.1. The van der Waals surface area contributed by atoms with E-state index in [1.807, 2.05) is 0 Å². The fourth-order valence-electron chi connectivity index (χ4n) is 3.69. The highest BCUT2D eigenvalue weighted by Gasteiger charge is 2.19. The van der Waals surface area contributed by atoms with Gasteiger partial charge in [0.05, 0.1) is 18.0 Å². The van der Waals surface area contributed by atoms with Crippen LogP contribution in [0.3, 0.4) is 0 Å². The van der Waals surface area contributed by atoms with E-state index in [0.717, 1.165) is 69.2 Å². The lowest BCUT2D eigenvalue weighted by atomic mass is 10.0. The Labute approximate surface area is 162 Å². The molecule has 1 fully saturated rings. The lowest BCUT2D eigenvalue weighted by molar-refractivity contribution is 0.309. The number of rotatable bonds is 6. The number of anilines is 1. The van der Waals surface area contributed by atoms with Crippen LogP contribution < -0.4 is 9.64 Å². The van der Waals surface area contributed by atoms with E-state index in [9.17, 15) is 0 Å². The molecule has 0 amide bonds. The number of ether oxygens (including phenoxy) is 1. The first-order chi connectivity index (χ1) is 13.2. The second-order valence-corrected chi connectivity index (χ2v) is 7.57. The summed E-state index contributed by atoms with van der Waals surface area (Å²) < 4.78 is 5.77. The number of likely N-dealkylation sites (N-methyl/N-ethyl adjacent to an activating group) is 1. The summed E-state index contributed by atoms with van der Waals surface area (Å²) in [6.45, 7) is 7.43. The number of unbranched alkanes of at least 4 members (excludes halogenated alkanes) is 1. The average Bonchev–Trinajstić information content (AvgIpc) is 3.12. The Bertz CT molecular complexity index is 805. The molecule has 4 nitrogen and oxygen atoms in total. The van der Waals surface area contributed by atoms with Crippen LogP contribution in [-0.4, -0.2) is 50.4 Å². The number of hydrogen-bond acceptors (Lipinski definition) is 4. The number of piperazine rings is 1. The number of benzene rings is 2. The van der Waals surface area contributed by atoms with E-state index in [-0.39, 0.29) is 0 Å². The Hall–Kier alpha value is -2.33. The van der Waals surface area contributed by atoms with Crippen LogP contribution in [0.15, 0.2) is 47.5 Å². The van der Waals surface area contributed by atoms with E-state index in [4.69, 9.17) is 9.73 Å². The quantitative estimate of drug-likeness (QED) is 0.717. The van der Waals surface area contributed by atoms with Gasteiger partial charge in [-0.15, -0.1) is 0 Å². The zero-order valence-electron chi connectivity index (χ0n) is 16.4. The van der Waals surface area contributed by atoms with Gasteiger partial charge in [-0.05, 0) is 67.1 Å². The highest BCUT2D eigenvalue weighted by atomic mass is 16.5. The van der Waals surface area contributed by atoms with Crippen molar-refractivity contribution in [3.8, 4) is 5.75 Å². The third kappa shape index (κ3) is 4.16. The SMILES string of the molecule is CCCCOc1ccc(C2=Nc3ccc(N4CCN(C)CC4)cc3C2)cc1. The van der Waals surface area contributed by atoms with Crippen molar-refractivity contribution in [2.75, 3.05) is 44.7 Å². The van der Waals surface area contributed by atoms with E-state index >= 15 is 0 Å². The molecule has 2 aromatic rings. The van der Waals surface area contributed by atoms with Gasteiger partial charge in [0.15, 0.2) is 0 Å². The molecule has 0 unspecified atom stereocenters. The summed E-state index contributed by atoms with van der Waals surface area (Å²) in [4.78, 5) is 9.75. The van der Waals surface area contributed by atoms with Gasteiger partial charge in [-0.3, -0.25) is 4.99 Å². The molecule has 0 N–H and O–H groups in total. The number of aliphatic imine (C=N–C) groups is 1. The molecule has 2 aliphatic rings. The van der Waals surface area contributed by atoms with Crippen molar-refractivity contribution >= 4 is 17.1 Å². The summed E-state index contributed by atoms with van der Waals surface area (Å²) in [5.41, 5.74) is 6.13. The second-order valence-electron chi connectivity index (χ2n) is 7.57. The molecule has 0 spiro atoms. The molecule has 0 radical (unpaired) electrons. The Morgan fingerprint density at radius 1 is 1.00 bits per heavy atom. The molecule has 2 heterocycles. The fraction of sp³-hybridized carbons (Fsp3) is 0.435. The van der Waals surface area contributed by atoms with Crippen LogP contribution in [0.5, 0.6) is 5.75 Å². The minimum Gasteiger partial charge on any atom is -0.494 e. The largest absolute Gasteiger partial charge is 0.494 e. The molecule has 0 saturated carbocycles. The number of hydrogen-bond donors (Lipinski definition) is 0. The minimum atomic E-state index is 0.789. The third-order valence-corrected chi connectivity index (χ3v) is 5.50. The first-order valence-electron chi connectivity index (χ1n) is 10.1. The molecule has 142 valence electrons. The molecule has 0 atom stereocenters. The second kappa shape index (κ2) is 8.13. The maximum absolute atomic E-state index is 5.77. The monoisotopic (exact) mass is 363 g/mol. The molecule has 27 heavy (non-hydrogen) atoms. The summed E-state index contributed by atoms with van der Waals surface area (Å²) in [7, 11) is 2.19. The predicted octanol–water partition coefficient (Wildman–Crippen LogP) is 4.29. The van der Waals surface area contributed by atoms with E-state index in [1.54, 1.807) is 0 Å². The van der Waals surface area contributed by atoms with Crippen molar-refractivity contribution in [2.45, 2.75) is 26.2 Å². The summed E-state index contributed by atoms with van der Waals surface area (Å²) in [5, 5.41) is 0. The molecule has 0 bridgehead atoms. The molecule has 2 aliphatic heterocycles. The lowest BCUT2D eigenvalue weighted by Crippen LogP contribution is -2.44. The van der Waals surface area contributed by atoms with Crippen LogP contribution >= 0.6 is 0 Å². The van der Waals surface area contributed by atoms with E-state index in [0.29, 0.717) is 0 Å². The van der Waals surface area contributed by atoms with Crippen molar-refractivity contribution in [2.24, 2.45) is 4.99 Å². The van der Waals surface area contributed by atoms with Crippen molar-refractivity contribution in [1.82, 2.24) is 4.90 Å². The van der Waals surface area contributed by atoms with Gasteiger partial charge in [-0.1, -0.05) is 13.3 Å². The van der Waals surface area contributed by atoms with Crippen LogP contribution in [-0.2, 0) is 6.42 Å². The zero-order chi connectivity index (χ0) is 18.6. The smallest absolute Gasteiger partial charge is 0.119 e. The van der Waals surface area contributed by atoms with Crippen LogP contribution in [0.2, 0.25) is 0 Å². The Morgan fingerprint density at radius 2 is 1.78 bits per heavy atom. The van der Waals surface area contributed by atoms with Gasteiger partial charge in [0.1, 0.15) is 5.75 Å². The van der Waals surface area contributed by atoms with Gasteiger partial charge in [-0.2, -0.15) is 0 Å². The van der Waals surface area contributed by atoms with Gasteiger partial charge < -0.3 is 14.5 Å². The van der Waals surface area contributed by atoms with Crippen molar-refractivity contribution in [3.05, 3.63) is 53.6 Å². The third-order valence-electron chi connectivity index (χ3n) is 5.50. The van der Waals surface area contributed by atoms with Crippen LogP contribution in [0.1, 0.15) is 30.9 Å². The van der Waals surface area contributed by atoms with Crippen molar-refractivity contribution < 1.29 is 4.74 Å². The molecule has 0 aliphatic carbocycles. The van der Waals surface area contributed by atoms with Gasteiger partial charge in [0.2, 0.25) is 0 Å². The molecule has 1 saturated heterocycles. The highest BCUT2D eigenvalue weighted by Crippen LogP contribution is 2.33. The zero-order valence-corrected chi connectivity index (χ0v) is 16.4.